The second-order valence-corrected chi connectivity index (χ2v) is 1.56. The molecule has 1 saturated heterocycles. The molecule has 9 heavy (non-hydrogen) atoms. The average molecular weight is 350 g/mol. The van der Waals surface area contributed by atoms with Gasteiger partial charge in [0, 0.05) is 98.1 Å². The minimum Gasteiger partial charge on any atom is -0.688 e. The van der Waals surface area contributed by atoms with E-state index in [2.05, 4.69) is 11.7 Å². The predicted molar refractivity (Wildman–Crippen MR) is 26.6 cm³/mol. The Morgan fingerprint density at radius 1 is 1.11 bits per heavy atom. The molecule has 1 nitrogen and oxygen atoms in total. The Kier molecular flexibility index (Phi) is 27.9. The third-order valence-corrected chi connectivity index (χ3v) is 0.983. The van der Waals surface area contributed by atoms with Crippen LogP contribution in [0.3, 0.4) is 0 Å². The van der Waals surface area contributed by atoms with Gasteiger partial charge in [0.1, 0.15) is 0 Å². The Labute approximate surface area is 133 Å². The van der Waals surface area contributed by atoms with Gasteiger partial charge in [-0.15, -0.1) is 0 Å². The molecule has 1 aliphatic heterocycles. The fraction of sp³-hybridized carbons (Fsp3) is 0.800. The van der Waals surface area contributed by atoms with E-state index in [4.69, 9.17) is 0 Å². The maximum atomic E-state index is 4.12. The van der Waals surface area contributed by atoms with E-state index in [9.17, 15) is 0 Å². The van der Waals surface area contributed by atoms with Crippen LogP contribution in [-0.2, 0) is 98.1 Å². The Balaban J connectivity index is -0.000000120. The molecule has 0 aromatic heterocycles. The van der Waals surface area contributed by atoms with Crippen molar-refractivity contribution in [1.82, 2.24) is 0 Å². The van der Waals surface area contributed by atoms with Gasteiger partial charge in [0.15, 0.2) is 0 Å². The summed E-state index contributed by atoms with van der Waals surface area (Å²) in [5, 5.41) is 4.12. The molecule has 0 spiro atoms. The van der Waals surface area contributed by atoms with Crippen LogP contribution in [0.2, 0.25) is 0 Å². The second-order valence-electron chi connectivity index (χ2n) is 1.56. The first-order chi connectivity index (χ1) is 3.00. The van der Waals surface area contributed by atoms with Crippen LogP contribution in [0.4, 0.5) is 0 Å². The fourth-order valence-corrected chi connectivity index (χ4v) is 0.621. The van der Waals surface area contributed by atoms with E-state index in [0.29, 0.717) is 0 Å². The molecule has 0 bridgehead atoms. The molecule has 3 radical (unpaired) electrons. The summed E-state index contributed by atoms with van der Waals surface area (Å²) >= 11 is 0. The van der Waals surface area contributed by atoms with Crippen LogP contribution in [0.25, 0.3) is 5.32 Å². The average Bonchev–Trinajstić information content (AvgIpc) is 1.72. The van der Waals surface area contributed by atoms with Crippen molar-refractivity contribution in [3.05, 3.63) is 11.7 Å². The predicted octanol–water partition coefficient (Wildman–Crippen LogP) is 1.35. The van der Waals surface area contributed by atoms with Gasteiger partial charge in [0.05, 0.1) is 0 Å². The molecule has 1 fully saturated rings. The van der Waals surface area contributed by atoms with E-state index >= 15 is 0 Å². The van der Waals surface area contributed by atoms with E-state index in [1.165, 1.54) is 12.8 Å². The van der Waals surface area contributed by atoms with E-state index in [-0.39, 0.29) is 98.1 Å². The first-order valence-corrected chi connectivity index (χ1v) is 2.45. The maximum Gasteiger partial charge on any atom is 0 e. The molecule has 0 unspecified atom stereocenters. The van der Waals surface area contributed by atoms with Crippen molar-refractivity contribution < 1.29 is 98.1 Å². The molecule has 4 heteroatoms. The van der Waals surface area contributed by atoms with Gasteiger partial charge in [-0.05, 0) is 0 Å². The summed E-state index contributed by atoms with van der Waals surface area (Å²) in [6.07, 6.45) is 4.78. The van der Waals surface area contributed by atoms with Crippen LogP contribution < -0.4 is 0 Å². The van der Waals surface area contributed by atoms with Crippen molar-refractivity contribution in [2.24, 2.45) is 0 Å². The Hall–Kier alpha value is 3.27. The molecule has 0 N–H and O–H groups in total. The zero-order chi connectivity index (χ0) is 4.24. The summed E-state index contributed by atoms with van der Waals surface area (Å²) in [6, 6.07) is 0. The van der Waals surface area contributed by atoms with Gasteiger partial charge in [-0.1, -0.05) is 6.42 Å². The molecule has 1 rings (SSSR count). The minimum atomic E-state index is 0. The summed E-state index contributed by atoms with van der Waals surface area (Å²) in [7, 11) is 0. The smallest absolute Gasteiger partial charge is 0 e. The van der Waals surface area contributed by atoms with Crippen LogP contribution in [0.5, 0.6) is 0 Å². The van der Waals surface area contributed by atoms with Gasteiger partial charge in [0.2, 0.25) is 0 Å². The van der Waals surface area contributed by atoms with Gasteiger partial charge >= 0.3 is 0 Å². The third-order valence-electron chi connectivity index (χ3n) is 0.983. The van der Waals surface area contributed by atoms with Crippen molar-refractivity contribution in [2.45, 2.75) is 12.8 Å². The van der Waals surface area contributed by atoms with Gasteiger partial charge in [-0.3, -0.25) is 6.54 Å². The molecule has 0 aliphatic carbocycles. The normalized spacial score (nSPS) is 16.0. The summed E-state index contributed by atoms with van der Waals surface area (Å²) in [4.78, 5) is 0. The Bertz CT molecular complexity index is 27.7. The molecule has 0 amide bonds. The van der Waals surface area contributed by atoms with Crippen LogP contribution in [0, 0.1) is 6.42 Å². The summed E-state index contributed by atoms with van der Waals surface area (Å²) in [6.45, 7) is 2.09. The van der Waals surface area contributed by atoms with Gasteiger partial charge in [-0.25, -0.2) is 0 Å². The number of rotatable bonds is 0. The molecule has 1 heterocycles. The summed E-state index contributed by atoms with van der Waals surface area (Å²) in [5.41, 5.74) is 0. The Morgan fingerprint density at radius 2 is 1.78 bits per heavy atom. The van der Waals surface area contributed by atoms with Crippen molar-refractivity contribution in [3.63, 3.8) is 0 Å². The molecule has 0 atom stereocenters. The van der Waals surface area contributed by atoms with E-state index in [0.717, 1.165) is 13.1 Å². The monoisotopic (exact) mass is 350 g/mol. The SMILES string of the molecule is [CH-]1CCC[N-]C1.[Y].[Y].[Y]. The van der Waals surface area contributed by atoms with Crippen molar-refractivity contribution in [2.75, 3.05) is 13.1 Å². The van der Waals surface area contributed by atoms with Crippen LogP contribution in [0.1, 0.15) is 12.8 Å². The van der Waals surface area contributed by atoms with Crippen molar-refractivity contribution in [1.29, 1.82) is 0 Å². The first kappa shape index (κ1) is 18.1. The topological polar surface area (TPSA) is 14.1 Å². The number of piperidine rings is 1. The molecule has 45 valence electrons. The Morgan fingerprint density at radius 3 is 1.89 bits per heavy atom. The van der Waals surface area contributed by atoms with Gasteiger partial charge in [-0.2, -0.15) is 13.0 Å². The zero-order valence-corrected chi connectivity index (χ0v) is 14.1. The van der Waals surface area contributed by atoms with Crippen LogP contribution in [0.15, 0.2) is 0 Å². The van der Waals surface area contributed by atoms with Crippen LogP contribution >= 0.6 is 0 Å². The third kappa shape index (κ3) is 11.3. The van der Waals surface area contributed by atoms with Crippen molar-refractivity contribution in [3.8, 4) is 0 Å². The molecule has 1 aliphatic rings. The largest absolute Gasteiger partial charge is 0.688 e. The summed E-state index contributed by atoms with van der Waals surface area (Å²) < 4.78 is 0. The molecule has 0 saturated carbocycles. The van der Waals surface area contributed by atoms with Crippen molar-refractivity contribution >= 4 is 0 Å². The van der Waals surface area contributed by atoms with Crippen LogP contribution in [-0.4, -0.2) is 13.1 Å². The van der Waals surface area contributed by atoms with Gasteiger partial charge < -0.3 is 11.7 Å². The molecular weight excluding hydrogens is 341 g/mol. The maximum absolute atomic E-state index is 4.12. The standard InChI is InChI=1S/C5H9N.3Y/c1-2-4-6-5-3-1;;;/h2H,1,3-5H2;;;/q-2;;;. The second kappa shape index (κ2) is 13.8. The molecular formula is C5H9NY3-2. The number of hydrogen-bond acceptors (Lipinski definition) is 0. The quantitative estimate of drug-likeness (QED) is 0.586. The van der Waals surface area contributed by atoms with E-state index in [1.54, 1.807) is 0 Å². The first-order valence-electron chi connectivity index (χ1n) is 2.45. The van der Waals surface area contributed by atoms with E-state index in [1.807, 2.05) is 0 Å². The van der Waals surface area contributed by atoms with E-state index < -0.39 is 0 Å². The molecule has 0 aromatic rings. The van der Waals surface area contributed by atoms with Gasteiger partial charge in [0.25, 0.3) is 0 Å². The zero-order valence-electron chi connectivity index (χ0n) is 5.59. The minimum absolute atomic E-state index is 0. The fourth-order valence-electron chi connectivity index (χ4n) is 0.621. The molecule has 0 aromatic carbocycles. The number of hydrogen-bond donors (Lipinski definition) is 0. The summed E-state index contributed by atoms with van der Waals surface area (Å²) in [5.74, 6) is 0. The number of nitrogens with zero attached hydrogens (tertiary/aromatic N) is 1.